The standard InChI is InChI=1S/C21H20N2O2/c1-24-20-13-8-16(14-21(20)25-2)15-22-17-9-11-19(12-10-17)23-18-6-4-3-5-7-18/h3-15,23H,1-2H3. The van der Waals surface area contributed by atoms with Crippen LogP contribution in [0.25, 0.3) is 0 Å². The second-order valence-corrected chi connectivity index (χ2v) is 5.41. The number of rotatable bonds is 6. The van der Waals surface area contributed by atoms with Gasteiger partial charge in [0.1, 0.15) is 0 Å². The van der Waals surface area contributed by atoms with Crippen molar-refractivity contribution in [1.29, 1.82) is 0 Å². The second-order valence-electron chi connectivity index (χ2n) is 5.41. The summed E-state index contributed by atoms with van der Waals surface area (Å²) in [5.74, 6) is 1.39. The van der Waals surface area contributed by atoms with Crippen molar-refractivity contribution in [1.82, 2.24) is 0 Å². The number of nitrogens with one attached hydrogen (secondary N) is 1. The lowest BCUT2D eigenvalue weighted by Gasteiger charge is -2.07. The fraction of sp³-hybridized carbons (Fsp3) is 0.0952. The third kappa shape index (κ3) is 4.38. The first kappa shape index (κ1) is 16.6. The Balaban J connectivity index is 1.69. The van der Waals surface area contributed by atoms with E-state index in [2.05, 4.69) is 10.3 Å². The van der Waals surface area contributed by atoms with Crippen molar-refractivity contribution >= 4 is 23.3 Å². The fourth-order valence-corrected chi connectivity index (χ4v) is 2.40. The molecule has 0 saturated heterocycles. The molecule has 4 nitrogen and oxygen atoms in total. The largest absolute Gasteiger partial charge is 0.493 e. The van der Waals surface area contributed by atoms with Gasteiger partial charge < -0.3 is 14.8 Å². The van der Waals surface area contributed by atoms with E-state index in [-0.39, 0.29) is 0 Å². The summed E-state index contributed by atoms with van der Waals surface area (Å²) in [6.45, 7) is 0. The highest BCUT2D eigenvalue weighted by Crippen LogP contribution is 2.27. The van der Waals surface area contributed by atoms with E-state index in [1.807, 2.05) is 79.0 Å². The van der Waals surface area contributed by atoms with E-state index in [4.69, 9.17) is 9.47 Å². The first-order valence-corrected chi connectivity index (χ1v) is 7.97. The van der Waals surface area contributed by atoms with Gasteiger partial charge in [0, 0.05) is 17.6 Å². The van der Waals surface area contributed by atoms with Gasteiger partial charge in [0.25, 0.3) is 0 Å². The smallest absolute Gasteiger partial charge is 0.161 e. The molecule has 4 heteroatoms. The van der Waals surface area contributed by atoms with Crippen LogP contribution in [0.5, 0.6) is 11.5 Å². The Labute approximate surface area is 147 Å². The molecule has 0 aliphatic rings. The van der Waals surface area contributed by atoms with Gasteiger partial charge in [-0.2, -0.15) is 0 Å². The highest BCUT2D eigenvalue weighted by atomic mass is 16.5. The first-order chi connectivity index (χ1) is 12.3. The lowest BCUT2D eigenvalue weighted by Crippen LogP contribution is -1.92. The van der Waals surface area contributed by atoms with E-state index in [0.717, 1.165) is 22.6 Å². The molecule has 3 rings (SSSR count). The quantitative estimate of drug-likeness (QED) is 0.631. The van der Waals surface area contributed by atoms with Crippen molar-refractivity contribution in [2.75, 3.05) is 19.5 Å². The van der Waals surface area contributed by atoms with E-state index in [9.17, 15) is 0 Å². The van der Waals surface area contributed by atoms with Crippen LogP contribution in [0.15, 0.2) is 77.8 Å². The molecule has 3 aromatic carbocycles. The van der Waals surface area contributed by atoms with E-state index in [0.29, 0.717) is 11.5 Å². The molecule has 1 N–H and O–H groups in total. The molecule has 3 aromatic rings. The number of aliphatic imine (C=N–C) groups is 1. The maximum absolute atomic E-state index is 5.31. The Morgan fingerprint density at radius 1 is 0.760 bits per heavy atom. The van der Waals surface area contributed by atoms with Gasteiger partial charge in [0.15, 0.2) is 11.5 Å². The van der Waals surface area contributed by atoms with E-state index in [1.165, 1.54) is 0 Å². The third-order valence-corrected chi connectivity index (χ3v) is 3.70. The fourth-order valence-electron chi connectivity index (χ4n) is 2.40. The zero-order valence-corrected chi connectivity index (χ0v) is 14.3. The second kappa shape index (κ2) is 8.02. The minimum atomic E-state index is 0.689. The van der Waals surface area contributed by atoms with E-state index in [1.54, 1.807) is 14.2 Å². The summed E-state index contributed by atoms with van der Waals surface area (Å²) >= 11 is 0. The SMILES string of the molecule is COc1ccc(C=Nc2ccc(Nc3ccccc3)cc2)cc1OC. The molecular weight excluding hydrogens is 312 g/mol. The van der Waals surface area contributed by atoms with Crippen LogP contribution in [0.4, 0.5) is 17.1 Å². The summed E-state index contributed by atoms with van der Waals surface area (Å²) in [5, 5.41) is 3.35. The van der Waals surface area contributed by atoms with Gasteiger partial charge in [0.05, 0.1) is 19.9 Å². The summed E-state index contributed by atoms with van der Waals surface area (Å²) in [7, 11) is 3.24. The molecule has 0 amide bonds. The lowest BCUT2D eigenvalue weighted by molar-refractivity contribution is 0.355. The van der Waals surface area contributed by atoms with Crippen LogP contribution in [0.1, 0.15) is 5.56 Å². The molecule has 0 saturated carbocycles. The average molecular weight is 332 g/mol. The first-order valence-electron chi connectivity index (χ1n) is 7.97. The predicted molar refractivity (Wildman–Crippen MR) is 103 cm³/mol. The summed E-state index contributed by atoms with van der Waals surface area (Å²) < 4.78 is 10.5. The summed E-state index contributed by atoms with van der Waals surface area (Å²) in [5.41, 5.74) is 3.91. The highest BCUT2D eigenvalue weighted by molar-refractivity contribution is 5.83. The summed E-state index contributed by atoms with van der Waals surface area (Å²) in [6, 6.07) is 23.7. The molecule has 0 aliphatic heterocycles. The molecule has 0 unspecified atom stereocenters. The van der Waals surface area contributed by atoms with Crippen molar-refractivity contribution in [3.05, 3.63) is 78.4 Å². The molecule has 0 fully saturated rings. The molecule has 126 valence electrons. The topological polar surface area (TPSA) is 42.8 Å². The van der Waals surface area contributed by atoms with Gasteiger partial charge in [-0.1, -0.05) is 18.2 Å². The Morgan fingerprint density at radius 3 is 2.12 bits per heavy atom. The molecule has 0 bridgehead atoms. The number of hydrogen-bond acceptors (Lipinski definition) is 4. The average Bonchev–Trinajstić information content (AvgIpc) is 2.68. The molecular formula is C21H20N2O2. The number of anilines is 2. The van der Waals surface area contributed by atoms with Crippen LogP contribution < -0.4 is 14.8 Å². The van der Waals surface area contributed by atoms with Crippen LogP contribution in [-0.2, 0) is 0 Å². The Hall–Kier alpha value is -3.27. The number of ether oxygens (including phenoxy) is 2. The van der Waals surface area contributed by atoms with Gasteiger partial charge in [0.2, 0.25) is 0 Å². The molecule has 0 heterocycles. The number of nitrogens with zero attached hydrogens (tertiary/aromatic N) is 1. The van der Waals surface area contributed by atoms with Crippen LogP contribution >= 0.6 is 0 Å². The van der Waals surface area contributed by atoms with Crippen LogP contribution in [0.2, 0.25) is 0 Å². The third-order valence-electron chi connectivity index (χ3n) is 3.70. The summed E-state index contributed by atoms with van der Waals surface area (Å²) in [4.78, 5) is 4.51. The van der Waals surface area contributed by atoms with Crippen molar-refractivity contribution in [3.63, 3.8) is 0 Å². The Morgan fingerprint density at radius 2 is 1.44 bits per heavy atom. The molecule has 0 spiro atoms. The van der Waals surface area contributed by atoms with E-state index < -0.39 is 0 Å². The van der Waals surface area contributed by atoms with Crippen LogP contribution in [-0.4, -0.2) is 20.4 Å². The zero-order valence-electron chi connectivity index (χ0n) is 14.3. The highest BCUT2D eigenvalue weighted by Gasteiger charge is 2.03. The van der Waals surface area contributed by atoms with Crippen LogP contribution in [0, 0.1) is 0 Å². The van der Waals surface area contributed by atoms with Crippen molar-refractivity contribution in [3.8, 4) is 11.5 Å². The lowest BCUT2D eigenvalue weighted by atomic mass is 10.2. The van der Waals surface area contributed by atoms with Gasteiger partial charge in [-0.05, 0) is 60.2 Å². The molecule has 25 heavy (non-hydrogen) atoms. The minimum Gasteiger partial charge on any atom is -0.493 e. The van der Waals surface area contributed by atoms with Crippen molar-refractivity contribution < 1.29 is 9.47 Å². The van der Waals surface area contributed by atoms with Gasteiger partial charge in [-0.25, -0.2) is 0 Å². The van der Waals surface area contributed by atoms with Gasteiger partial charge in [-0.3, -0.25) is 4.99 Å². The zero-order chi connectivity index (χ0) is 17.5. The normalized spacial score (nSPS) is 10.6. The maximum atomic E-state index is 5.31. The Bertz CT molecular complexity index is 844. The predicted octanol–water partition coefficient (Wildman–Crippen LogP) is 5.20. The Kier molecular flexibility index (Phi) is 5.32. The number of methoxy groups -OCH3 is 2. The number of para-hydroxylation sites is 1. The monoisotopic (exact) mass is 332 g/mol. The minimum absolute atomic E-state index is 0.689. The maximum Gasteiger partial charge on any atom is 0.161 e. The molecule has 0 radical (unpaired) electrons. The number of hydrogen-bond donors (Lipinski definition) is 1. The van der Waals surface area contributed by atoms with Gasteiger partial charge >= 0.3 is 0 Å². The molecule has 0 aromatic heterocycles. The summed E-state index contributed by atoms with van der Waals surface area (Å²) in [6.07, 6.45) is 1.81. The number of benzene rings is 3. The van der Waals surface area contributed by atoms with Crippen LogP contribution in [0.3, 0.4) is 0 Å². The van der Waals surface area contributed by atoms with Crippen molar-refractivity contribution in [2.24, 2.45) is 4.99 Å². The van der Waals surface area contributed by atoms with E-state index >= 15 is 0 Å². The molecule has 0 aliphatic carbocycles. The molecule has 0 atom stereocenters. The van der Waals surface area contributed by atoms with Gasteiger partial charge in [-0.15, -0.1) is 0 Å². The van der Waals surface area contributed by atoms with Crippen molar-refractivity contribution in [2.45, 2.75) is 0 Å².